The zero-order chi connectivity index (χ0) is 21.7. The first-order valence-corrected chi connectivity index (χ1v) is 8.83. The summed E-state index contributed by atoms with van der Waals surface area (Å²) < 4.78 is 15.6. The van der Waals surface area contributed by atoms with Gasteiger partial charge in [-0.3, -0.25) is 10.1 Å². The summed E-state index contributed by atoms with van der Waals surface area (Å²) >= 11 is 0. The van der Waals surface area contributed by atoms with Gasteiger partial charge in [0, 0.05) is 12.1 Å². The van der Waals surface area contributed by atoms with E-state index >= 15 is 0 Å². The molecule has 1 aliphatic heterocycles. The van der Waals surface area contributed by atoms with E-state index in [9.17, 15) is 24.5 Å². The Morgan fingerprint density at radius 2 is 1.90 bits per heavy atom. The number of esters is 2. The van der Waals surface area contributed by atoms with E-state index in [1.807, 2.05) is 0 Å². The number of carbonyl (C=O) groups excluding carboxylic acids is 3. The molecule has 1 aromatic carbocycles. The number of hydrogen-bond donors (Lipinski definition) is 2. The standard InChI is InChI=1S/C19H17N3O8/c1-2-28-18(24)15-13(20-19(25)21-16(15)14-4-3-9-29-14)10-30-17(23)11-5-7-12(8-6-11)22(26)27/h3-9,16H,2,10H2,1H3,(H2,20,21,25)/t16-/m0/s1. The first kappa shape index (κ1) is 20.6. The molecular weight excluding hydrogens is 398 g/mol. The number of rotatable bonds is 7. The summed E-state index contributed by atoms with van der Waals surface area (Å²) in [5, 5.41) is 15.7. The third-order valence-corrected chi connectivity index (χ3v) is 4.14. The zero-order valence-corrected chi connectivity index (χ0v) is 15.7. The minimum Gasteiger partial charge on any atom is -0.467 e. The van der Waals surface area contributed by atoms with Gasteiger partial charge in [0.1, 0.15) is 18.4 Å². The number of urea groups is 1. The van der Waals surface area contributed by atoms with Gasteiger partial charge in [0.25, 0.3) is 5.69 Å². The molecule has 0 spiro atoms. The number of carbonyl (C=O) groups is 3. The molecule has 0 aliphatic carbocycles. The van der Waals surface area contributed by atoms with Crippen molar-refractivity contribution in [2.45, 2.75) is 13.0 Å². The lowest BCUT2D eigenvalue weighted by Crippen LogP contribution is -2.47. The maximum atomic E-state index is 12.5. The van der Waals surface area contributed by atoms with Crippen LogP contribution < -0.4 is 10.6 Å². The van der Waals surface area contributed by atoms with E-state index in [1.165, 1.54) is 30.5 Å². The molecule has 11 heteroatoms. The quantitative estimate of drug-likeness (QED) is 0.397. The molecular formula is C19H17N3O8. The summed E-state index contributed by atoms with van der Waals surface area (Å²) in [6.07, 6.45) is 1.39. The molecule has 1 aromatic heterocycles. The highest BCUT2D eigenvalue weighted by atomic mass is 16.6. The second kappa shape index (κ2) is 8.90. The highest BCUT2D eigenvalue weighted by Gasteiger charge is 2.35. The predicted molar refractivity (Wildman–Crippen MR) is 100 cm³/mol. The van der Waals surface area contributed by atoms with E-state index in [2.05, 4.69) is 10.6 Å². The number of furan rings is 1. The minimum atomic E-state index is -0.930. The van der Waals surface area contributed by atoms with Crippen LogP contribution in [0.4, 0.5) is 10.5 Å². The Balaban J connectivity index is 1.84. The number of hydrogen-bond acceptors (Lipinski definition) is 8. The molecule has 0 saturated heterocycles. The lowest BCUT2D eigenvalue weighted by Gasteiger charge is -2.27. The van der Waals surface area contributed by atoms with Crippen molar-refractivity contribution in [2.24, 2.45) is 0 Å². The van der Waals surface area contributed by atoms with Gasteiger partial charge < -0.3 is 24.5 Å². The number of benzene rings is 1. The Kier molecular flexibility index (Phi) is 6.11. The molecule has 2 N–H and O–H groups in total. The van der Waals surface area contributed by atoms with Crippen molar-refractivity contribution < 1.29 is 33.2 Å². The van der Waals surface area contributed by atoms with E-state index in [0.717, 1.165) is 0 Å². The normalized spacial score (nSPS) is 15.8. The topological polar surface area (TPSA) is 150 Å². The van der Waals surface area contributed by atoms with Crippen LogP contribution in [0.1, 0.15) is 29.1 Å². The third kappa shape index (κ3) is 4.46. The van der Waals surface area contributed by atoms with Gasteiger partial charge >= 0.3 is 18.0 Å². The second-order valence-corrected chi connectivity index (χ2v) is 6.04. The lowest BCUT2D eigenvalue weighted by molar-refractivity contribution is -0.384. The Labute approximate surface area is 169 Å². The molecule has 0 unspecified atom stereocenters. The van der Waals surface area contributed by atoms with Crippen LogP contribution in [0.15, 0.2) is 58.3 Å². The molecule has 2 heterocycles. The summed E-state index contributed by atoms with van der Waals surface area (Å²) in [6, 6.07) is 6.45. The van der Waals surface area contributed by atoms with Crippen molar-refractivity contribution in [3.05, 3.63) is 75.4 Å². The van der Waals surface area contributed by atoms with Crippen LogP contribution in [-0.4, -0.2) is 36.1 Å². The Hall–Kier alpha value is -4.15. The highest BCUT2D eigenvalue weighted by molar-refractivity contribution is 5.95. The number of ether oxygens (including phenoxy) is 2. The summed E-state index contributed by atoms with van der Waals surface area (Å²) in [6.45, 7) is 1.29. The minimum absolute atomic E-state index is 0.0305. The summed E-state index contributed by atoms with van der Waals surface area (Å²) in [4.78, 5) is 47.0. The molecule has 3 rings (SSSR count). The fourth-order valence-electron chi connectivity index (χ4n) is 2.79. The Bertz CT molecular complexity index is 995. The van der Waals surface area contributed by atoms with Gasteiger partial charge in [-0.1, -0.05) is 0 Å². The Morgan fingerprint density at radius 1 is 1.17 bits per heavy atom. The fourth-order valence-corrected chi connectivity index (χ4v) is 2.79. The lowest BCUT2D eigenvalue weighted by atomic mass is 10.0. The smallest absolute Gasteiger partial charge is 0.338 e. The van der Waals surface area contributed by atoms with E-state index < -0.39 is 35.5 Å². The van der Waals surface area contributed by atoms with E-state index in [0.29, 0.717) is 5.76 Å². The van der Waals surface area contributed by atoms with Crippen LogP contribution in [0.3, 0.4) is 0 Å². The molecule has 2 amide bonds. The number of amides is 2. The first-order valence-electron chi connectivity index (χ1n) is 8.83. The molecule has 0 bridgehead atoms. The van der Waals surface area contributed by atoms with Crippen molar-refractivity contribution >= 4 is 23.7 Å². The molecule has 0 radical (unpaired) electrons. The average Bonchev–Trinajstić information content (AvgIpc) is 3.26. The van der Waals surface area contributed by atoms with Gasteiger partial charge in [-0.25, -0.2) is 14.4 Å². The third-order valence-electron chi connectivity index (χ3n) is 4.14. The van der Waals surface area contributed by atoms with Gasteiger partial charge in [0.05, 0.1) is 34.6 Å². The summed E-state index contributed by atoms with van der Waals surface area (Å²) in [5.74, 6) is -1.21. The van der Waals surface area contributed by atoms with E-state index in [4.69, 9.17) is 13.9 Å². The zero-order valence-electron chi connectivity index (χ0n) is 15.7. The van der Waals surface area contributed by atoms with E-state index in [1.54, 1.807) is 19.1 Å². The van der Waals surface area contributed by atoms with Gasteiger partial charge in [0.2, 0.25) is 0 Å². The maximum absolute atomic E-state index is 12.5. The van der Waals surface area contributed by atoms with Crippen molar-refractivity contribution in [1.82, 2.24) is 10.6 Å². The van der Waals surface area contributed by atoms with Crippen molar-refractivity contribution in [3.63, 3.8) is 0 Å². The molecule has 156 valence electrons. The van der Waals surface area contributed by atoms with Crippen molar-refractivity contribution in [3.8, 4) is 0 Å². The van der Waals surface area contributed by atoms with Gasteiger partial charge in [-0.05, 0) is 31.2 Å². The number of nitro benzene ring substituents is 1. The monoisotopic (exact) mass is 415 g/mol. The molecule has 11 nitrogen and oxygen atoms in total. The predicted octanol–water partition coefficient (Wildman–Crippen LogP) is 2.22. The largest absolute Gasteiger partial charge is 0.467 e. The van der Waals surface area contributed by atoms with E-state index in [-0.39, 0.29) is 29.1 Å². The molecule has 1 atom stereocenters. The molecule has 2 aromatic rings. The van der Waals surface area contributed by atoms with Crippen LogP contribution >= 0.6 is 0 Å². The number of non-ortho nitro benzene ring substituents is 1. The fraction of sp³-hybridized carbons (Fsp3) is 0.211. The number of nitro groups is 1. The Morgan fingerprint density at radius 3 is 2.50 bits per heavy atom. The maximum Gasteiger partial charge on any atom is 0.338 e. The van der Waals surface area contributed by atoms with Crippen LogP contribution in [-0.2, 0) is 14.3 Å². The van der Waals surface area contributed by atoms with Gasteiger partial charge in [0.15, 0.2) is 0 Å². The average molecular weight is 415 g/mol. The van der Waals surface area contributed by atoms with Crippen LogP contribution in [0.25, 0.3) is 0 Å². The molecule has 0 saturated carbocycles. The number of nitrogens with one attached hydrogen (secondary N) is 2. The van der Waals surface area contributed by atoms with Crippen molar-refractivity contribution in [1.29, 1.82) is 0 Å². The molecule has 0 fully saturated rings. The van der Waals surface area contributed by atoms with Crippen molar-refractivity contribution in [2.75, 3.05) is 13.2 Å². The van der Waals surface area contributed by atoms with Crippen LogP contribution in [0.5, 0.6) is 0 Å². The number of nitrogens with zero attached hydrogens (tertiary/aromatic N) is 1. The molecule has 30 heavy (non-hydrogen) atoms. The highest BCUT2D eigenvalue weighted by Crippen LogP contribution is 2.28. The summed E-state index contributed by atoms with van der Waals surface area (Å²) in [5.41, 5.74) is -0.0377. The van der Waals surface area contributed by atoms with Crippen LogP contribution in [0.2, 0.25) is 0 Å². The first-order chi connectivity index (χ1) is 14.4. The van der Waals surface area contributed by atoms with Crippen LogP contribution in [0, 0.1) is 10.1 Å². The van der Waals surface area contributed by atoms with Gasteiger partial charge in [-0.2, -0.15) is 0 Å². The molecule has 1 aliphatic rings. The summed E-state index contributed by atoms with van der Waals surface area (Å²) in [7, 11) is 0. The second-order valence-electron chi connectivity index (χ2n) is 6.04. The SMILES string of the molecule is CCOC(=O)C1=C(COC(=O)c2ccc([N+](=O)[O-])cc2)NC(=O)N[C@H]1c1ccco1. The van der Waals surface area contributed by atoms with Gasteiger partial charge in [-0.15, -0.1) is 0 Å².